The molecule has 100 valence electrons. The Morgan fingerprint density at radius 3 is 2.58 bits per heavy atom. The number of piperazine rings is 1. The zero-order valence-electron chi connectivity index (χ0n) is 11.2. The summed E-state index contributed by atoms with van der Waals surface area (Å²) < 4.78 is 0. The predicted octanol–water partition coefficient (Wildman–Crippen LogP) is 1.67. The van der Waals surface area contributed by atoms with E-state index in [2.05, 4.69) is 15.9 Å². The largest absolute Gasteiger partial charge is 0.396 e. The van der Waals surface area contributed by atoms with E-state index in [-0.39, 0.29) is 0 Å². The molecule has 0 amide bonds. The lowest BCUT2D eigenvalue weighted by molar-refractivity contribution is 0.248. The molecule has 0 radical (unpaired) electrons. The molecule has 3 rings (SSSR count). The predicted molar refractivity (Wildman–Crippen MR) is 76.9 cm³/mol. The van der Waals surface area contributed by atoms with Crippen molar-refractivity contribution >= 4 is 11.4 Å². The monoisotopic (exact) mass is 256 g/mol. The van der Waals surface area contributed by atoms with E-state index >= 15 is 0 Å². The van der Waals surface area contributed by atoms with Crippen LogP contribution in [0.2, 0.25) is 0 Å². The lowest BCUT2D eigenvalue weighted by Gasteiger charge is -2.36. The zero-order valence-corrected chi connectivity index (χ0v) is 11.2. The third kappa shape index (κ3) is 2.66. The van der Waals surface area contributed by atoms with E-state index in [0.29, 0.717) is 11.3 Å². The number of anilines is 2. The van der Waals surface area contributed by atoms with Crippen LogP contribution in [0.4, 0.5) is 11.4 Å². The number of hydrogen-bond donors (Lipinski definition) is 1. The van der Waals surface area contributed by atoms with Gasteiger partial charge in [0.25, 0.3) is 0 Å². The molecule has 1 aliphatic heterocycles. The molecule has 0 atom stereocenters. The van der Waals surface area contributed by atoms with Gasteiger partial charge in [-0.25, -0.2) is 0 Å². The number of nitrogens with two attached hydrogens (primary N) is 1. The summed E-state index contributed by atoms with van der Waals surface area (Å²) in [7, 11) is 0. The van der Waals surface area contributed by atoms with Gasteiger partial charge in [-0.2, -0.15) is 5.26 Å². The van der Waals surface area contributed by atoms with Crippen molar-refractivity contribution in [1.82, 2.24) is 4.90 Å². The van der Waals surface area contributed by atoms with Gasteiger partial charge in [0.15, 0.2) is 0 Å². The minimum atomic E-state index is 0.581. The maximum absolute atomic E-state index is 9.03. The fourth-order valence-electron chi connectivity index (χ4n) is 2.76. The zero-order chi connectivity index (χ0) is 13.2. The van der Waals surface area contributed by atoms with Crippen LogP contribution in [0.15, 0.2) is 18.2 Å². The van der Waals surface area contributed by atoms with Crippen LogP contribution >= 0.6 is 0 Å². The molecule has 1 heterocycles. The van der Waals surface area contributed by atoms with Crippen LogP contribution in [0.5, 0.6) is 0 Å². The molecule has 2 fully saturated rings. The first kappa shape index (κ1) is 12.3. The quantitative estimate of drug-likeness (QED) is 0.836. The molecule has 2 aliphatic rings. The second-order valence-electron chi connectivity index (χ2n) is 5.58. The van der Waals surface area contributed by atoms with E-state index in [1.807, 2.05) is 12.1 Å². The number of nitrogens with zero attached hydrogens (tertiary/aromatic N) is 3. The maximum atomic E-state index is 9.03. The lowest BCUT2D eigenvalue weighted by Crippen LogP contribution is -2.47. The summed E-state index contributed by atoms with van der Waals surface area (Å²) in [5.74, 6) is 0.957. The molecule has 19 heavy (non-hydrogen) atoms. The van der Waals surface area contributed by atoms with E-state index in [1.165, 1.54) is 19.4 Å². The second-order valence-corrected chi connectivity index (χ2v) is 5.58. The Labute approximate surface area is 114 Å². The van der Waals surface area contributed by atoms with E-state index in [9.17, 15) is 0 Å². The van der Waals surface area contributed by atoms with E-state index in [4.69, 9.17) is 11.0 Å². The molecule has 1 aromatic carbocycles. The highest BCUT2D eigenvalue weighted by atomic mass is 15.3. The topological polar surface area (TPSA) is 56.3 Å². The highest BCUT2D eigenvalue weighted by Crippen LogP contribution is 2.31. The number of benzene rings is 1. The summed E-state index contributed by atoms with van der Waals surface area (Å²) in [6.45, 7) is 5.48. The first-order valence-electron chi connectivity index (χ1n) is 7.04. The standard InChI is InChI=1S/C15H20N4/c16-10-13-2-1-3-14(15(13)17)19-8-6-18(7-9-19)11-12-4-5-12/h1-3,12H,4-9,11,17H2. The molecule has 4 heteroatoms. The van der Waals surface area contributed by atoms with E-state index < -0.39 is 0 Å². The molecular weight excluding hydrogens is 236 g/mol. The minimum absolute atomic E-state index is 0.581. The van der Waals surface area contributed by atoms with Crippen LogP contribution in [0.1, 0.15) is 18.4 Å². The molecule has 1 saturated carbocycles. The van der Waals surface area contributed by atoms with Gasteiger partial charge in [0.1, 0.15) is 6.07 Å². The molecule has 0 bridgehead atoms. The smallest absolute Gasteiger partial charge is 0.101 e. The first-order valence-corrected chi connectivity index (χ1v) is 7.04. The van der Waals surface area contributed by atoms with Crippen molar-refractivity contribution in [2.24, 2.45) is 5.92 Å². The number of rotatable bonds is 3. The van der Waals surface area contributed by atoms with Crippen molar-refractivity contribution in [2.45, 2.75) is 12.8 Å². The normalized spacial score (nSPS) is 20.3. The molecule has 0 unspecified atom stereocenters. The van der Waals surface area contributed by atoms with Crippen molar-refractivity contribution in [1.29, 1.82) is 5.26 Å². The van der Waals surface area contributed by atoms with E-state index in [0.717, 1.165) is 37.8 Å². The van der Waals surface area contributed by atoms with Gasteiger partial charge in [0.05, 0.1) is 16.9 Å². The summed E-state index contributed by atoms with van der Waals surface area (Å²) in [6, 6.07) is 7.87. The van der Waals surface area contributed by atoms with Crippen LogP contribution in [-0.4, -0.2) is 37.6 Å². The summed E-state index contributed by atoms with van der Waals surface area (Å²) in [5, 5.41) is 9.03. The Hall–Kier alpha value is -1.73. The Morgan fingerprint density at radius 2 is 1.95 bits per heavy atom. The summed E-state index contributed by atoms with van der Waals surface area (Å²) in [4.78, 5) is 4.86. The summed E-state index contributed by atoms with van der Waals surface area (Å²) >= 11 is 0. The molecule has 0 spiro atoms. The van der Waals surface area contributed by atoms with Crippen LogP contribution in [0, 0.1) is 17.2 Å². The average molecular weight is 256 g/mol. The maximum Gasteiger partial charge on any atom is 0.101 e. The first-order chi connectivity index (χ1) is 9.28. The Bertz CT molecular complexity index is 493. The molecular formula is C15H20N4. The molecule has 1 aromatic rings. The van der Waals surface area contributed by atoms with Gasteiger partial charge in [-0.1, -0.05) is 6.07 Å². The van der Waals surface area contributed by atoms with Crippen LogP contribution < -0.4 is 10.6 Å². The van der Waals surface area contributed by atoms with Crippen LogP contribution in [0.3, 0.4) is 0 Å². The highest BCUT2D eigenvalue weighted by molar-refractivity contribution is 5.74. The van der Waals surface area contributed by atoms with Crippen molar-refractivity contribution in [3.05, 3.63) is 23.8 Å². The Morgan fingerprint density at radius 1 is 1.21 bits per heavy atom. The summed E-state index contributed by atoms with van der Waals surface area (Å²) in [6.07, 6.45) is 2.83. The molecule has 0 aromatic heterocycles. The van der Waals surface area contributed by atoms with Crippen molar-refractivity contribution in [3.8, 4) is 6.07 Å². The molecule has 1 saturated heterocycles. The highest BCUT2D eigenvalue weighted by Gasteiger charge is 2.26. The van der Waals surface area contributed by atoms with Crippen LogP contribution in [0.25, 0.3) is 0 Å². The average Bonchev–Trinajstić information content (AvgIpc) is 3.24. The van der Waals surface area contributed by atoms with Gasteiger partial charge in [0.2, 0.25) is 0 Å². The van der Waals surface area contributed by atoms with Gasteiger partial charge in [-0.15, -0.1) is 0 Å². The van der Waals surface area contributed by atoms with Crippen molar-refractivity contribution in [2.75, 3.05) is 43.4 Å². The molecule has 1 aliphatic carbocycles. The summed E-state index contributed by atoms with van der Waals surface area (Å²) in [5.41, 5.74) is 8.30. The fourth-order valence-corrected chi connectivity index (χ4v) is 2.76. The number of para-hydroxylation sites is 1. The fraction of sp³-hybridized carbons (Fsp3) is 0.533. The van der Waals surface area contributed by atoms with Crippen molar-refractivity contribution < 1.29 is 0 Å². The number of nitriles is 1. The van der Waals surface area contributed by atoms with Crippen LogP contribution in [-0.2, 0) is 0 Å². The number of nitrogen functional groups attached to an aromatic ring is 1. The SMILES string of the molecule is N#Cc1cccc(N2CCN(CC3CC3)CC2)c1N. The van der Waals surface area contributed by atoms with Gasteiger partial charge in [0, 0.05) is 32.7 Å². The van der Waals surface area contributed by atoms with Gasteiger partial charge in [-0.3, -0.25) is 4.90 Å². The minimum Gasteiger partial charge on any atom is -0.396 e. The third-order valence-corrected chi connectivity index (χ3v) is 4.13. The van der Waals surface area contributed by atoms with Crippen molar-refractivity contribution in [3.63, 3.8) is 0 Å². The second kappa shape index (κ2) is 5.10. The molecule has 4 nitrogen and oxygen atoms in total. The third-order valence-electron chi connectivity index (χ3n) is 4.13. The molecule has 2 N–H and O–H groups in total. The van der Waals surface area contributed by atoms with E-state index in [1.54, 1.807) is 6.07 Å². The van der Waals surface area contributed by atoms with Gasteiger partial charge >= 0.3 is 0 Å². The Balaban J connectivity index is 1.66. The Kier molecular flexibility index (Phi) is 3.31. The lowest BCUT2D eigenvalue weighted by atomic mass is 10.1. The van der Waals surface area contributed by atoms with Gasteiger partial charge < -0.3 is 10.6 Å². The van der Waals surface area contributed by atoms with Gasteiger partial charge in [-0.05, 0) is 30.9 Å². The number of hydrogen-bond acceptors (Lipinski definition) is 4.